The van der Waals surface area contributed by atoms with Crippen molar-refractivity contribution in [3.05, 3.63) is 76.7 Å². The van der Waals surface area contributed by atoms with E-state index in [1.54, 1.807) is 19.4 Å². The van der Waals surface area contributed by atoms with E-state index in [0.29, 0.717) is 22.7 Å². The third-order valence-electron chi connectivity index (χ3n) is 4.29. The highest BCUT2D eigenvalue weighted by Crippen LogP contribution is 2.32. The zero-order valence-corrected chi connectivity index (χ0v) is 15.0. The zero-order valence-electron chi connectivity index (χ0n) is 15.0. The Morgan fingerprint density at radius 1 is 1.04 bits per heavy atom. The molecular weight excluding hydrogens is 340 g/mol. The van der Waals surface area contributed by atoms with Crippen LogP contribution in [0.2, 0.25) is 0 Å². The van der Waals surface area contributed by atoms with Gasteiger partial charge < -0.3 is 10.1 Å². The van der Waals surface area contributed by atoms with Crippen LogP contribution in [0.4, 0.5) is 11.6 Å². The Balaban J connectivity index is 1.84. The number of aromatic nitrogens is 3. The highest BCUT2D eigenvalue weighted by atomic mass is 16.5. The number of nitrogens with one attached hydrogen (secondary N) is 2. The van der Waals surface area contributed by atoms with Gasteiger partial charge in [-0.2, -0.15) is 4.98 Å². The third kappa shape index (κ3) is 3.25. The number of hydrogen-bond donors (Lipinski definition) is 2. The first-order valence-corrected chi connectivity index (χ1v) is 8.52. The summed E-state index contributed by atoms with van der Waals surface area (Å²) in [7, 11) is 1.61. The first kappa shape index (κ1) is 16.8. The van der Waals surface area contributed by atoms with Crippen LogP contribution in [0.3, 0.4) is 0 Å². The normalized spacial score (nSPS) is 10.7. The molecule has 0 bridgehead atoms. The standard InChI is InChI=1S/C21H18N4O2/c1-13-6-5-7-14(12-13)23-21-24-19-18(20(26)25-21)16(10-11-22-19)15-8-3-4-9-17(15)27-2/h3-12H,1-2H3,(H2,22,23,24,25,26). The molecule has 2 aromatic carbocycles. The Bertz CT molecular complexity index is 1180. The van der Waals surface area contributed by atoms with Crippen LogP contribution in [-0.4, -0.2) is 22.1 Å². The van der Waals surface area contributed by atoms with Crippen molar-refractivity contribution in [1.82, 2.24) is 15.0 Å². The van der Waals surface area contributed by atoms with Crippen LogP contribution in [0.5, 0.6) is 5.75 Å². The molecule has 0 aliphatic heterocycles. The van der Waals surface area contributed by atoms with E-state index < -0.39 is 0 Å². The van der Waals surface area contributed by atoms with Gasteiger partial charge in [-0.1, -0.05) is 30.3 Å². The van der Waals surface area contributed by atoms with Crippen LogP contribution >= 0.6 is 0 Å². The van der Waals surface area contributed by atoms with Crippen molar-refractivity contribution < 1.29 is 4.74 Å². The summed E-state index contributed by atoms with van der Waals surface area (Å²) >= 11 is 0. The molecule has 27 heavy (non-hydrogen) atoms. The van der Waals surface area contributed by atoms with Crippen LogP contribution in [0.25, 0.3) is 22.2 Å². The van der Waals surface area contributed by atoms with Crippen LogP contribution in [0, 0.1) is 6.92 Å². The second-order valence-electron chi connectivity index (χ2n) is 6.17. The van der Waals surface area contributed by atoms with E-state index >= 15 is 0 Å². The highest BCUT2D eigenvalue weighted by molar-refractivity contribution is 5.94. The lowest BCUT2D eigenvalue weighted by atomic mass is 10.0. The van der Waals surface area contributed by atoms with E-state index in [1.807, 2.05) is 55.5 Å². The van der Waals surface area contributed by atoms with E-state index in [4.69, 9.17) is 4.74 Å². The molecule has 0 amide bonds. The number of ether oxygens (including phenoxy) is 1. The largest absolute Gasteiger partial charge is 0.496 e. The molecule has 0 spiro atoms. The van der Waals surface area contributed by atoms with Crippen molar-refractivity contribution in [2.24, 2.45) is 0 Å². The summed E-state index contributed by atoms with van der Waals surface area (Å²) in [5.74, 6) is 1.04. The van der Waals surface area contributed by atoms with Gasteiger partial charge in [-0.3, -0.25) is 9.78 Å². The number of anilines is 2. The molecule has 0 atom stereocenters. The molecule has 0 radical (unpaired) electrons. The topological polar surface area (TPSA) is 79.9 Å². The van der Waals surface area contributed by atoms with Crippen molar-refractivity contribution in [3.8, 4) is 16.9 Å². The summed E-state index contributed by atoms with van der Waals surface area (Å²) in [5, 5.41) is 3.56. The van der Waals surface area contributed by atoms with Gasteiger partial charge in [0.25, 0.3) is 5.56 Å². The predicted octanol–water partition coefficient (Wildman–Crippen LogP) is 4.05. The minimum absolute atomic E-state index is 0.260. The van der Waals surface area contributed by atoms with Crippen molar-refractivity contribution in [1.29, 1.82) is 0 Å². The van der Waals surface area contributed by atoms with Gasteiger partial charge in [-0.05, 0) is 36.8 Å². The molecule has 2 aromatic heterocycles. The molecule has 2 heterocycles. The minimum atomic E-state index is -0.260. The molecule has 0 aliphatic carbocycles. The highest BCUT2D eigenvalue weighted by Gasteiger charge is 2.14. The van der Waals surface area contributed by atoms with E-state index in [2.05, 4.69) is 20.3 Å². The lowest BCUT2D eigenvalue weighted by molar-refractivity contribution is 0.416. The number of fused-ring (bicyclic) bond motifs is 1. The molecule has 4 rings (SSSR count). The van der Waals surface area contributed by atoms with E-state index in [-0.39, 0.29) is 5.56 Å². The maximum Gasteiger partial charge on any atom is 0.262 e. The number of aromatic amines is 1. The Morgan fingerprint density at radius 2 is 1.89 bits per heavy atom. The number of aryl methyl sites for hydroxylation is 1. The van der Waals surface area contributed by atoms with E-state index in [0.717, 1.165) is 22.4 Å². The second kappa shape index (κ2) is 6.92. The molecule has 134 valence electrons. The quantitative estimate of drug-likeness (QED) is 0.575. The van der Waals surface area contributed by atoms with Gasteiger partial charge >= 0.3 is 0 Å². The lowest BCUT2D eigenvalue weighted by Crippen LogP contribution is -2.13. The first-order valence-electron chi connectivity index (χ1n) is 8.52. The summed E-state index contributed by atoms with van der Waals surface area (Å²) in [6.07, 6.45) is 1.65. The van der Waals surface area contributed by atoms with Crippen LogP contribution in [0.15, 0.2) is 65.6 Å². The third-order valence-corrected chi connectivity index (χ3v) is 4.29. The lowest BCUT2D eigenvalue weighted by Gasteiger charge is -2.11. The second-order valence-corrected chi connectivity index (χ2v) is 6.17. The van der Waals surface area contributed by atoms with Gasteiger partial charge in [0.2, 0.25) is 5.95 Å². The van der Waals surface area contributed by atoms with Gasteiger partial charge in [0, 0.05) is 23.0 Å². The molecular formula is C21H18N4O2. The summed E-state index contributed by atoms with van der Waals surface area (Å²) in [4.78, 5) is 24.4. The number of hydrogen-bond acceptors (Lipinski definition) is 5. The van der Waals surface area contributed by atoms with Crippen LogP contribution in [0.1, 0.15) is 5.56 Å². The summed E-state index contributed by atoms with van der Waals surface area (Å²) in [5.41, 5.74) is 3.62. The molecule has 4 aromatic rings. The van der Waals surface area contributed by atoms with Crippen molar-refractivity contribution in [2.75, 3.05) is 12.4 Å². The summed E-state index contributed by atoms with van der Waals surface area (Å²) < 4.78 is 5.44. The molecule has 2 N–H and O–H groups in total. The number of methoxy groups -OCH3 is 1. The number of para-hydroxylation sites is 1. The summed E-state index contributed by atoms with van der Waals surface area (Å²) in [6, 6.07) is 17.2. The first-order chi connectivity index (χ1) is 13.2. The molecule has 0 unspecified atom stereocenters. The van der Waals surface area contributed by atoms with Crippen molar-refractivity contribution in [2.45, 2.75) is 6.92 Å². The zero-order chi connectivity index (χ0) is 18.8. The molecule has 0 saturated heterocycles. The van der Waals surface area contributed by atoms with Gasteiger partial charge in [0.05, 0.1) is 12.5 Å². The van der Waals surface area contributed by atoms with Crippen LogP contribution < -0.4 is 15.6 Å². The average molecular weight is 358 g/mol. The van der Waals surface area contributed by atoms with Gasteiger partial charge in [0.1, 0.15) is 5.75 Å². The van der Waals surface area contributed by atoms with E-state index in [9.17, 15) is 4.79 Å². The summed E-state index contributed by atoms with van der Waals surface area (Å²) in [6.45, 7) is 2.00. The van der Waals surface area contributed by atoms with Crippen molar-refractivity contribution >= 4 is 22.7 Å². The average Bonchev–Trinajstić information content (AvgIpc) is 2.67. The Kier molecular flexibility index (Phi) is 4.30. The molecule has 0 fully saturated rings. The monoisotopic (exact) mass is 358 g/mol. The fourth-order valence-corrected chi connectivity index (χ4v) is 3.07. The number of rotatable bonds is 4. The molecule has 0 aliphatic rings. The Hall–Kier alpha value is -3.67. The van der Waals surface area contributed by atoms with Crippen LogP contribution in [-0.2, 0) is 0 Å². The maximum absolute atomic E-state index is 12.8. The maximum atomic E-state index is 12.8. The van der Waals surface area contributed by atoms with Gasteiger partial charge in [0.15, 0.2) is 5.65 Å². The molecule has 0 saturated carbocycles. The fourth-order valence-electron chi connectivity index (χ4n) is 3.07. The smallest absolute Gasteiger partial charge is 0.262 e. The predicted molar refractivity (Wildman–Crippen MR) is 107 cm³/mol. The number of benzene rings is 2. The Labute approximate surface area is 155 Å². The SMILES string of the molecule is COc1ccccc1-c1ccnc2nc(Nc3cccc(C)c3)[nH]c(=O)c12. The fraction of sp³-hybridized carbons (Fsp3) is 0.0952. The molecule has 6 nitrogen and oxygen atoms in total. The van der Waals surface area contributed by atoms with Gasteiger partial charge in [-0.25, -0.2) is 4.98 Å². The number of nitrogens with zero attached hydrogens (tertiary/aromatic N) is 2. The molecule has 6 heteroatoms. The number of pyridine rings is 1. The van der Waals surface area contributed by atoms with E-state index in [1.165, 1.54) is 0 Å². The number of H-pyrrole nitrogens is 1. The van der Waals surface area contributed by atoms with Crippen molar-refractivity contribution in [3.63, 3.8) is 0 Å². The van der Waals surface area contributed by atoms with Gasteiger partial charge in [-0.15, -0.1) is 0 Å². The Morgan fingerprint density at radius 3 is 2.70 bits per heavy atom. The minimum Gasteiger partial charge on any atom is -0.496 e.